The fourth-order valence-electron chi connectivity index (χ4n) is 6.88. The van der Waals surface area contributed by atoms with Gasteiger partial charge in [-0.25, -0.2) is 9.97 Å². The third-order valence-electron chi connectivity index (χ3n) is 8.44. The topological polar surface area (TPSA) is 110 Å². The average molecular weight is 460 g/mol. The first-order valence-corrected chi connectivity index (χ1v) is 13.0. The van der Waals surface area contributed by atoms with E-state index in [1.54, 1.807) is 6.33 Å². The van der Waals surface area contributed by atoms with Crippen LogP contribution in [0.4, 0.5) is 5.69 Å². The summed E-state index contributed by atoms with van der Waals surface area (Å²) in [6.07, 6.45) is 15.3. The predicted molar refractivity (Wildman–Crippen MR) is 132 cm³/mol. The van der Waals surface area contributed by atoms with Crippen molar-refractivity contribution < 1.29 is 9.59 Å². The van der Waals surface area contributed by atoms with Gasteiger partial charge in [-0.15, -0.1) is 0 Å². The van der Waals surface area contributed by atoms with Gasteiger partial charge in [0.2, 0.25) is 0 Å². The van der Waals surface area contributed by atoms with Crippen molar-refractivity contribution in [2.75, 3.05) is 18.4 Å². The summed E-state index contributed by atoms with van der Waals surface area (Å²) >= 11 is 0. The monoisotopic (exact) mass is 459 g/mol. The van der Waals surface area contributed by atoms with Crippen LogP contribution in [0.15, 0.2) is 18.5 Å². The second kappa shape index (κ2) is 8.77. The highest BCUT2D eigenvalue weighted by molar-refractivity contribution is 6.21. The largest absolute Gasteiger partial charge is 0.381 e. The van der Waals surface area contributed by atoms with Gasteiger partial charge in [0.1, 0.15) is 6.33 Å². The molecule has 1 saturated carbocycles. The molecule has 34 heavy (non-hydrogen) atoms. The molecule has 1 aliphatic heterocycles. The zero-order valence-electron chi connectivity index (χ0n) is 19.6. The molecule has 4 atom stereocenters. The first kappa shape index (κ1) is 21.7. The molecule has 2 heterocycles. The molecule has 0 radical (unpaired) electrons. The van der Waals surface area contributed by atoms with Crippen molar-refractivity contribution in [1.82, 2.24) is 15.3 Å². The molecule has 0 spiro atoms. The Morgan fingerprint density at radius 1 is 1.15 bits per heavy atom. The molecule has 4 aliphatic rings. The standard InChI is InChI=1S/C27H33N5O2/c28-12-13-29-27(34)20-18-10-5-7-15-6-1-4-11-19(15)32-24(18)22-21-23(30-14-31-25(20)21)16-8-2-3-9-17(16)26(22)33/h3,9,14-17,19,32H,1-2,4-8,10-13,28H2,(H,29,34)/t15-,16?,17?,19+/m0/s1. The van der Waals surface area contributed by atoms with Crippen LogP contribution in [0.3, 0.4) is 0 Å². The Morgan fingerprint density at radius 3 is 2.88 bits per heavy atom. The molecule has 2 unspecified atom stereocenters. The van der Waals surface area contributed by atoms with Crippen LogP contribution in [0.2, 0.25) is 0 Å². The van der Waals surface area contributed by atoms with Crippen LogP contribution in [0, 0.1) is 11.8 Å². The van der Waals surface area contributed by atoms with Gasteiger partial charge in [0, 0.05) is 36.4 Å². The molecular formula is C27H33N5O2. The van der Waals surface area contributed by atoms with E-state index in [0.717, 1.165) is 66.4 Å². The molecule has 1 amide bonds. The van der Waals surface area contributed by atoms with Gasteiger partial charge in [-0.1, -0.05) is 25.0 Å². The number of hydrogen-bond donors (Lipinski definition) is 3. The maximum absolute atomic E-state index is 14.1. The Hall–Kier alpha value is -2.80. The summed E-state index contributed by atoms with van der Waals surface area (Å²) in [4.78, 5) is 36.9. The summed E-state index contributed by atoms with van der Waals surface area (Å²) in [5, 5.41) is 7.62. The van der Waals surface area contributed by atoms with Crippen LogP contribution in [-0.2, 0) is 6.42 Å². The molecule has 7 nitrogen and oxygen atoms in total. The van der Waals surface area contributed by atoms with E-state index in [1.807, 2.05) is 0 Å². The highest BCUT2D eigenvalue weighted by Gasteiger charge is 2.42. The van der Waals surface area contributed by atoms with Gasteiger partial charge < -0.3 is 16.4 Å². The number of amides is 1. The number of carbonyl (C=O) groups is 2. The van der Waals surface area contributed by atoms with E-state index in [-0.39, 0.29) is 23.5 Å². The second-order valence-corrected chi connectivity index (χ2v) is 10.3. The quantitative estimate of drug-likeness (QED) is 0.601. The smallest absolute Gasteiger partial charge is 0.253 e. The number of nitrogens with one attached hydrogen (secondary N) is 2. The van der Waals surface area contributed by atoms with Crippen molar-refractivity contribution in [3.63, 3.8) is 0 Å². The minimum atomic E-state index is -0.185. The highest BCUT2D eigenvalue weighted by atomic mass is 16.1. The zero-order valence-corrected chi connectivity index (χ0v) is 19.6. The third-order valence-corrected chi connectivity index (χ3v) is 8.44. The van der Waals surface area contributed by atoms with Crippen molar-refractivity contribution in [2.45, 2.75) is 69.7 Å². The van der Waals surface area contributed by atoms with Gasteiger partial charge in [0.25, 0.3) is 5.91 Å². The van der Waals surface area contributed by atoms with Gasteiger partial charge in [0.05, 0.1) is 28.0 Å². The molecule has 178 valence electrons. The lowest BCUT2D eigenvalue weighted by atomic mass is 9.70. The summed E-state index contributed by atoms with van der Waals surface area (Å²) in [7, 11) is 0. The summed E-state index contributed by atoms with van der Waals surface area (Å²) < 4.78 is 0. The zero-order chi connectivity index (χ0) is 23.2. The maximum atomic E-state index is 14.1. The molecule has 3 aliphatic carbocycles. The molecule has 4 N–H and O–H groups in total. The number of hydrogen-bond acceptors (Lipinski definition) is 6. The molecule has 7 heteroatoms. The number of rotatable bonds is 3. The summed E-state index contributed by atoms with van der Waals surface area (Å²) in [6.45, 7) is 0.780. The highest BCUT2D eigenvalue weighted by Crippen LogP contribution is 2.49. The second-order valence-electron chi connectivity index (χ2n) is 10.3. The van der Waals surface area contributed by atoms with Crippen LogP contribution < -0.4 is 16.4 Å². The average Bonchev–Trinajstić information content (AvgIpc) is 2.85. The van der Waals surface area contributed by atoms with E-state index in [1.165, 1.54) is 19.3 Å². The minimum Gasteiger partial charge on any atom is -0.381 e. The summed E-state index contributed by atoms with van der Waals surface area (Å²) in [5.74, 6) is 0.475. The summed E-state index contributed by atoms with van der Waals surface area (Å²) in [6, 6.07) is 0.335. The molecule has 2 aromatic rings. The molecular weight excluding hydrogens is 426 g/mol. The fourth-order valence-corrected chi connectivity index (χ4v) is 6.88. The van der Waals surface area contributed by atoms with Gasteiger partial charge in [0.15, 0.2) is 5.78 Å². The molecule has 1 aromatic heterocycles. The molecule has 0 saturated heterocycles. The molecule has 6 rings (SSSR count). The van der Waals surface area contributed by atoms with E-state index in [2.05, 4.69) is 27.8 Å². The SMILES string of the molecule is NCCNC(=O)c1c2c(c3c4c(ncnc14)C1CCC=CC1C3=O)N[C@@H]1CCCC[C@H]1CCC2. The Balaban J connectivity index is 1.63. The molecule has 1 aromatic carbocycles. The first-order valence-electron chi connectivity index (χ1n) is 13.0. The number of Topliss-reactive ketones (excluding diaryl/α,β-unsaturated/α-hetero) is 1. The first-order chi connectivity index (χ1) is 16.7. The Bertz CT molecular complexity index is 1190. The third kappa shape index (κ3) is 3.35. The lowest BCUT2D eigenvalue weighted by Gasteiger charge is -2.39. The molecule has 1 fully saturated rings. The Morgan fingerprint density at radius 2 is 2.00 bits per heavy atom. The van der Waals surface area contributed by atoms with Crippen LogP contribution in [0.5, 0.6) is 0 Å². The van der Waals surface area contributed by atoms with E-state index >= 15 is 0 Å². The Kier molecular flexibility index (Phi) is 5.60. The van der Waals surface area contributed by atoms with Crippen molar-refractivity contribution in [3.05, 3.63) is 40.9 Å². The van der Waals surface area contributed by atoms with Gasteiger partial charge >= 0.3 is 0 Å². The van der Waals surface area contributed by atoms with Crippen molar-refractivity contribution >= 4 is 28.3 Å². The molecule has 0 bridgehead atoms. The van der Waals surface area contributed by atoms with E-state index in [4.69, 9.17) is 10.7 Å². The van der Waals surface area contributed by atoms with Crippen molar-refractivity contribution in [1.29, 1.82) is 0 Å². The number of benzene rings is 1. The van der Waals surface area contributed by atoms with E-state index in [0.29, 0.717) is 36.1 Å². The minimum absolute atomic E-state index is 0.0458. The number of allylic oxidation sites excluding steroid dienone is 2. The van der Waals surface area contributed by atoms with Crippen LogP contribution >= 0.6 is 0 Å². The summed E-state index contributed by atoms with van der Waals surface area (Å²) in [5.41, 5.74) is 10.4. The number of aromatic nitrogens is 2. The van der Waals surface area contributed by atoms with Gasteiger partial charge in [-0.2, -0.15) is 0 Å². The predicted octanol–water partition coefficient (Wildman–Crippen LogP) is 3.87. The van der Waals surface area contributed by atoms with Crippen LogP contribution in [-0.4, -0.2) is 40.8 Å². The van der Waals surface area contributed by atoms with Gasteiger partial charge in [-0.05, 0) is 56.4 Å². The number of anilines is 1. The van der Waals surface area contributed by atoms with Crippen molar-refractivity contribution in [3.8, 4) is 0 Å². The van der Waals surface area contributed by atoms with Crippen LogP contribution in [0.1, 0.15) is 89.3 Å². The van der Waals surface area contributed by atoms with Crippen LogP contribution in [0.25, 0.3) is 10.9 Å². The number of nitrogens with two attached hydrogens (primary N) is 1. The van der Waals surface area contributed by atoms with E-state index in [9.17, 15) is 9.59 Å². The van der Waals surface area contributed by atoms with Gasteiger partial charge in [-0.3, -0.25) is 9.59 Å². The number of nitrogens with zero attached hydrogens (tertiary/aromatic N) is 2. The van der Waals surface area contributed by atoms with E-state index < -0.39 is 0 Å². The maximum Gasteiger partial charge on any atom is 0.253 e. The number of ketones is 1. The fraction of sp³-hybridized carbons (Fsp3) is 0.556. The number of carbonyl (C=O) groups excluding carboxylic acids is 2. The lowest BCUT2D eigenvalue weighted by molar-refractivity contribution is 0.0916. The Labute approximate surface area is 200 Å². The lowest BCUT2D eigenvalue weighted by Crippen LogP contribution is -2.37. The number of fused-ring (bicyclic) bond motifs is 5. The van der Waals surface area contributed by atoms with Crippen molar-refractivity contribution in [2.24, 2.45) is 17.6 Å². The normalized spacial score (nSPS) is 27.6.